The second kappa shape index (κ2) is 5.78. The van der Waals surface area contributed by atoms with Crippen molar-refractivity contribution in [1.29, 1.82) is 0 Å². The van der Waals surface area contributed by atoms with Crippen LogP contribution in [-0.4, -0.2) is 22.9 Å². The van der Waals surface area contributed by atoms with Crippen LogP contribution in [0.2, 0.25) is 0 Å². The summed E-state index contributed by atoms with van der Waals surface area (Å²) in [4.78, 5) is 15.9. The summed E-state index contributed by atoms with van der Waals surface area (Å²) in [5, 5.41) is 0.577. The minimum Gasteiger partial charge on any atom is -0.461 e. The van der Waals surface area contributed by atoms with Crippen molar-refractivity contribution in [3.8, 4) is 11.8 Å². The third-order valence-corrected chi connectivity index (χ3v) is 2.33. The Labute approximate surface area is 94.6 Å². The standard InChI is InChI=1S/C9H8BrNO2S/c1-2-13-9(12)8-7(4-3-5-10)14-6-11-8/h6H,2,5H2,1H3. The average Bonchev–Trinajstić information content (AvgIpc) is 2.63. The second-order valence-electron chi connectivity index (χ2n) is 2.19. The van der Waals surface area contributed by atoms with Gasteiger partial charge >= 0.3 is 5.97 Å². The number of aromatic nitrogens is 1. The molecule has 0 radical (unpaired) electrons. The molecule has 0 spiro atoms. The van der Waals surface area contributed by atoms with Gasteiger partial charge in [-0.3, -0.25) is 0 Å². The SMILES string of the molecule is CCOC(=O)c1ncsc1C#CCBr. The van der Waals surface area contributed by atoms with Gasteiger partial charge in [-0.15, -0.1) is 11.3 Å². The zero-order chi connectivity index (χ0) is 10.4. The molecule has 1 aromatic heterocycles. The number of carbonyl (C=O) groups is 1. The van der Waals surface area contributed by atoms with E-state index in [2.05, 4.69) is 32.8 Å². The first-order valence-electron chi connectivity index (χ1n) is 3.95. The molecule has 0 unspecified atom stereocenters. The van der Waals surface area contributed by atoms with Crippen molar-refractivity contribution in [2.45, 2.75) is 6.92 Å². The smallest absolute Gasteiger partial charge is 0.359 e. The molecule has 1 heterocycles. The summed E-state index contributed by atoms with van der Waals surface area (Å²) in [6.07, 6.45) is 0. The fraction of sp³-hybridized carbons (Fsp3) is 0.333. The first kappa shape index (κ1) is 11.2. The second-order valence-corrected chi connectivity index (χ2v) is 3.60. The molecular weight excluding hydrogens is 266 g/mol. The molecule has 0 saturated carbocycles. The Bertz CT molecular complexity index is 378. The van der Waals surface area contributed by atoms with E-state index in [4.69, 9.17) is 4.74 Å². The minimum absolute atomic E-state index is 0.310. The van der Waals surface area contributed by atoms with Crippen molar-refractivity contribution in [3.05, 3.63) is 16.1 Å². The number of carbonyl (C=O) groups excluding carboxylic acids is 1. The monoisotopic (exact) mass is 273 g/mol. The van der Waals surface area contributed by atoms with E-state index in [1.807, 2.05) is 0 Å². The maximum absolute atomic E-state index is 11.3. The van der Waals surface area contributed by atoms with Gasteiger partial charge in [0.15, 0.2) is 5.69 Å². The third kappa shape index (κ3) is 2.82. The average molecular weight is 274 g/mol. The van der Waals surface area contributed by atoms with Gasteiger partial charge < -0.3 is 4.74 Å². The van der Waals surface area contributed by atoms with Crippen LogP contribution in [0.15, 0.2) is 5.51 Å². The van der Waals surface area contributed by atoms with Crippen LogP contribution in [0.4, 0.5) is 0 Å². The van der Waals surface area contributed by atoms with Crippen LogP contribution in [0.25, 0.3) is 0 Å². The number of hydrogen-bond donors (Lipinski definition) is 0. The molecule has 0 N–H and O–H groups in total. The van der Waals surface area contributed by atoms with Crippen LogP contribution < -0.4 is 0 Å². The molecule has 0 saturated heterocycles. The van der Waals surface area contributed by atoms with Crippen LogP contribution in [0.5, 0.6) is 0 Å². The Morgan fingerprint density at radius 3 is 3.21 bits per heavy atom. The third-order valence-electron chi connectivity index (χ3n) is 1.30. The highest BCUT2D eigenvalue weighted by Crippen LogP contribution is 2.12. The van der Waals surface area contributed by atoms with Crippen LogP contribution in [0.3, 0.4) is 0 Å². The Morgan fingerprint density at radius 1 is 1.79 bits per heavy atom. The van der Waals surface area contributed by atoms with E-state index >= 15 is 0 Å². The summed E-state index contributed by atoms with van der Waals surface area (Å²) >= 11 is 4.52. The van der Waals surface area contributed by atoms with Crippen LogP contribution in [-0.2, 0) is 4.74 Å². The summed E-state index contributed by atoms with van der Waals surface area (Å²) in [5.74, 6) is 5.25. The topological polar surface area (TPSA) is 39.2 Å². The lowest BCUT2D eigenvalue weighted by molar-refractivity contribution is 0.0520. The summed E-state index contributed by atoms with van der Waals surface area (Å²) in [5.41, 5.74) is 1.90. The van der Waals surface area contributed by atoms with Crippen molar-refractivity contribution in [1.82, 2.24) is 4.98 Å². The number of ether oxygens (including phenoxy) is 1. The minimum atomic E-state index is -0.410. The van der Waals surface area contributed by atoms with Gasteiger partial charge in [-0.05, 0) is 6.92 Å². The maximum Gasteiger partial charge on any atom is 0.359 e. The molecule has 0 atom stereocenters. The normalized spacial score (nSPS) is 9.00. The van der Waals surface area contributed by atoms with Crippen molar-refractivity contribution in [3.63, 3.8) is 0 Å². The molecule has 0 aliphatic heterocycles. The van der Waals surface area contributed by atoms with E-state index in [1.54, 1.807) is 12.4 Å². The number of alkyl halides is 1. The molecule has 0 amide bonds. The number of esters is 1. The predicted molar refractivity (Wildman–Crippen MR) is 58.7 cm³/mol. The molecule has 1 aromatic rings. The number of thiazole rings is 1. The quantitative estimate of drug-likeness (QED) is 0.471. The lowest BCUT2D eigenvalue weighted by Gasteiger charge is -1.97. The number of rotatable bonds is 2. The Kier molecular flexibility index (Phi) is 4.63. The van der Waals surface area contributed by atoms with Gasteiger partial charge in [-0.1, -0.05) is 27.8 Å². The summed E-state index contributed by atoms with van der Waals surface area (Å²) < 4.78 is 4.83. The Balaban J connectivity index is 2.87. The first-order valence-corrected chi connectivity index (χ1v) is 5.95. The van der Waals surface area contributed by atoms with E-state index in [0.717, 1.165) is 0 Å². The van der Waals surface area contributed by atoms with Gasteiger partial charge in [0.05, 0.1) is 17.4 Å². The fourth-order valence-corrected chi connectivity index (χ4v) is 1.58. The molecule has 14 heavy (non-hydrogen) atoms. The van der Waals surface area contributed by atoms with Crippen molar-refractivity contribution in [2.24, 2.45) is 0 Å². The van der Waals surface area contributed by atoms with Crippen molar-refractivity contribution in [2.75, 3.05) is 11.9 Å². The van der Waals surface area contributed by atoms with Gasteiger partial charge in [0.1, 0.15) is 4.88 Å². The predicted octanol–water partition coefficient (Wildman–Crippen LogP) is 2.07. The molecule has 0 fully saturated rings. The first-order chi connectivity index (χ1) is 6.79. The fourth-order valence-electron chi connectivity index (χ4n) is 0.793. The molecular formula is C9H8BrNO2S. The highest BCUT2D eigenvalue weighted by molar-refractivity contribution is 9.09. The molecule has 0 aromatic carbocycles. The van der Waals surface area contributed by atoms with Gasteiger partial charge in [0.25, 0.3) is 0 Å². The maximum atomic E-state index is 11.3. The molecule has 3 nitrogen and oxygen atoms in total. The van der Waals surface area contributed by atoms with Crippen molar-refractivity contribution < 1.29 is 9.53 Å². The lowest BCUT2D eigenvalue weighted by atomic mass is 10.3. The summed E-state index contributed by atoms with van der Waals surface area (Å²) in [6, 6.07) is 0. The van der Waals surface area contributed by atoms with Gasteiger partial charge in [-0.2, -0.15) is 0 Å². The molecule has 0 bridgehead atoms. The van der Waals surface area contributed by atoms with Gasteiger partial charge in [0.2, 0.25) is 0 Å². The summed E-state index contributed by atoms with van der Waals surface area (Å²) in [6.45, 7) is 2.11. The number of hydrogen-bond acceptors (Lipinski definition) is 4. The molecule has 5 heteroatoms. The molecule has 0 aliphatic carbocycles. The van der Waals surface area contributed by atoms with Crippen LogP contribution >= 0.6 is 27.3 Å². The molecule has 74 valence electrons. The molecule has 1 rings (SSSR count). The van der Waals surface area contributed by atoms with Crippen LogP contribution in [0, 0.1) is 11.8 Å². The van der Waals surface area contributed by atoms with Gasteiger partial charge in [-0.25, -0.2) is 9.78 Å². The Morgan fingerprint density at radius 2 is 2.57 bits per heavy atom. The molecule has 0 aliphatic rings. The van der Waals surface area contributed by atoms with Crippen LogP contribution in [0.1, 0.15) is 22.3 Å². The van der Waals surface area contributed by atoms with E-state index in [-0.39, 0.29) is 0 Å². The zero-order valence-corrected chi connectivity index (χ0v) is 9.94. The number of halogens is 1. The van der Waals surface area contributed by atoms with E-state index in [1.165, 1.54) is 11.3 Å². The lowest BCUT2D eigenvalue weighted by Crippen LogP contribution is -2.06. The highest BCUT2D eigenvalue weighted by atomic mass is 79.9. The Hall–Kier alpha value is -0.860. The summed E-state index contributed by atoms with van der Waals surface area (Å²) in [7, 11) is 0. The zero-order valence-electron chi connectivity index (χ0n) is 7.54. The van der Waals surface area contributed by atoms with E-state index in [9.17, 15) is 4.79 Å². The largest absolute Gasteiger partial charge is 0.461 e. The van der Waals surface area contributed by atoms with Crippen molar-refractivity contribution >= 4 is 33.2 Å². The highest BCUT2D eigenvalue weighted by Gasteiger charge is 2.13. The van der Waals surface area contributed by atoms with E-state index in [0.29, 0.717) is 22.5 Å². The number of nitrogens with zero attached hydrogens (tertiary/aromatic N) is 1. The van der Waals surface area contributed by atoms with E-state index < -0.39 is 5.97 Å². The van der Waals surface area contributed by atoms with Gasteiger partial charge in [0, 0.05) is 0 Å².